The van der Waals surface area contributed by atoms with E-state index in [1.165, 1.54) is 38.2 Å². The summed E-state index contributed by atoms with van der Waals surface area (Å²) < 4.78 is 15.8. The van der Waals surface area contributed by atoms with Crippen LogP contribution in [0.5, 0.6) is 0 Å². The van der Waals surface area contributed by atoms with Crippen molar-refractivity contribution in [2.24, 2.45) is 5.41 Å². The average Bonchev–Trinajstić information content (AvgIpc) is 3.41. The van der Waals surface area contributed by atoms with Gasteiger partial charge in [0.25, 0.3) is 5.91 Å². The van der Waals surface area contributed by atoms with Gasteiger partial charge in [-0.2, -0.15) is 0 Å². The summed E-state index contributed by atoms with van der Waals surface area (Å²) in [5.41, 5.74) is 1.89. The molecule has 9 heteroatoms. The van der Waals surface area contributed by atoms with Gasteiger partial charge in [0, 0.05) is 56.1 Å². The number of pyridine rings is 1. The van der Waals surface area contributed by atoms with Crippen LogP contribution in [0.2, 0.25) is 0 Å². The van der Waals surface area contributed by atoms with E-state index in [2.05, 4.69) is 30.1 Å². The van der Waals surface area contributed by atoms with Gasteiger partial charge >= 0.3 is 0 Å². The molecule has 3 aromatic heterocycles. The summed E-state index contributed by atoms with van der Waals surface area (Å²) in [4.78, 5) is 30.1. The van der Waals surface area contributed by atoms with E-state index in [1.54, 1.807) is 29.9 Å². The predicted octanol–water partition coefficient (Wildman–Crippen LogP) is 2.11. The molecule has 1 aliphatic carbocycles. The molecule has 154 valence electrons. The second-order valence-electron chi connectivity index (χ2n) is 8.90. The third kappa shape index (κ3) is 2.92. The quantitative estimate of drug-likeness (QED) is 0.714. The molecule has 3 fully saturated rings. The highest BCUT2D eigenvalue weighted by Crippen LogP contribution is 2.45. The minimum absolute atomic E-state index is 0.194. The van der Waals surface area contributed by atoms with E-state index in [0.29, 0.717) is 16.8 Å². The predicted molar refractivity (Wildman–Crippen MR) is 109 cm³/mol. The molecule has 5 heterocycles. The number of carbonyl (C=O) groups excluding carboxylic acids is 1. The number of likely N-dealkylation sites (tertiary alicyclic amines) is 1. The summed E-state index contributed by atoms with van der Waals surface area (Å²) in [5, 5.41) is 2.68. The molecular weight excluding hydrogens is 385 g/mol. The summed E-state index contributed by atoms with van der Waals surface area (Å²) in [6, 6.07) is 2.10. The van der Waals surface area contributed by atoms with Crippen LogP contribution in [-0.2, 0) is 0 Å². The number of halogens is 1. The van der Waals surface area contributed by atoms with Gasteiger partial charge in [-0.1, -0.05) is 0 Å². The zero-order chi connectivity index (χ0) is 20.5. The number of carbonyl (C=O) groups is 1. The summed E-state index contributed by atoms with van der Waals surface area (Å²) >= 11 is 0. The number of nitrogens with one attached hydrogen (secondary N) is 1. The fraction of sp³-hybridized carbons (Fsp3) is 0.429. The molecule has 8 nitrogen and oxygen atoms in total. The van der Waals surface area contributed by atoms with Crippen molar-refractivity contribution >= 4 is 23.1 Å². The van der Waals surface area contributed by atoms with Crippen molar-refractivity contribution in [3.63, 3.8) is 0 Å². The van der Waals surface area contributed by atoms with E-state index in [-0.39, 0.29) is 11.3 Å². The molecule has 0 aromatic carbocycles. The molecule has 1 amide bonds. The number of rotatable bonds is 4. The van der Waals surface area contributed by atoms with E-state index < -0.39 is 11.7 Å². The molecule has 0 radical (unpaired) electrons. The van der Waals surface area contributed by atoms with Crippen LogP contribution in [0.25, 0.3) is 5.65 Å². The minimum Gasteiger partial charge on any atom is -0.354 e. The van der Waals surface area contributed by atoms with E-state index in [1.807, 2.05) is 0 Å². The molecule has 1 saturated carbocycles. The molecule has 0 unspecified atom stereocenters. The zero-order valence-corrected chi connectivity index (χ0v) is 16.7. The van der Waals surface area contributed by atoms with Gasteiger partial charge in [-0.15, -0.1) is 0 Å². The van der Waals surface area contributed by atoms with E-state index in [9.17, 15) is 9.18 Å². The van der Waals surface area contributed by atoms with Crippen molar-refractivity contribution in [2.75, 3.05) is 36.4 Å². The van der Waals surface area contributed by atoms with Crippen LogP contribution in [0.15, 0.2) is 30.9 Å². The largest absolute Gasteiger partial charge is 0.354 e. The average molecular weight is 407 g/mol. The van der Waals surface area contributed by atoms with Crippen LogP contribution in [0.3, 0.4) is 0 Å². The number of imidazole rings is 1. The smallest absolute Gasteiger partial charge is 0.275 e. The van der Waals surface area contributed by atoms with Gasteiger partial charge in [-0.3, -0.25) is 9.69 Å². The monoisotopic (exact) mass is 407 g/mol. The van der Waals surface area contributed by atoms with E-state index in [0.717, 1.165) is 24.9 Å². The second-order valence-corrected chi connectivity index (χ2v) is 8.90. The van der Waals surface area contributed by atoms with Gasteiger partial charge in [-0.25, -0.2) is 19.3 Å². The van der Waals surface area contributed by atoms with Crippen molar-refractivity contribution < 1.29 is 9.18 Å². The standard InChI is InChI=1S/C21H22FN7O/c1-13-7-27-8-14(4-16(22)19(27)25-13)26-20(30)17-5-24-18(6-23-17)29-11-21(12-29)9-28(10-21)15-2-3-15/h4-8,15H,2-3,9-12H2,1H3,(H,26,30). The highest BCUT2D eigenvalue weighted by Gasteiger charge is 2.54. The maximum absolute atomic E-state index is 14.2. The van der Waals surface area contributed by atoms with Crippen LogP contribution < -0.4 is 10.2 Å². The lowest BCUT2D eigenvalue weighted by Crippen LogP contribution is -2.72. The Morgan fingerprint density at radius 3 is 2.67 bits per heavy atom. The molecule has 3 aromatic rings. The van der Waals surface area contributed by atoms with Crippen LogP contribution in [0.4, 0.5) is 15.9 Å². The third-order valence-electron chi connectivity index (χ3n) is 6.27. The van der Waals surface area contributed by atoms with Crippen molar-refractivity contribution in [2.45, 2.75) is 25.8 Å². The van der Waals surface area contributed by atoms with Gasteiger partial charge < -0.3 is 14.6 Å². The molecule has 30 heavy (non-hydrogen) atoms. The van der Waals surface area contributed by atoms with Crippen LogP contribution in [0, 0.1) is 18.2 Å². The van der Waals surface area contributed by atoms with Crippen molar-refractivity contribution in [1.82, 2.24) is 24.3 Å². The van der Waals surface area contributed by atoms with Crippen molar-refractivity contribution in [3.05, 3.63) is 48.1 Å². The molecule has 2 aliphatic heterocycles. The number of hydrogen-bond donors (Lipinski definition) is 1. The van der Waals surface area contributed by atoms with Crippen molar-refractivity contribution in [1.29, 1.82) is 0 Å². The summed E-state index contributed by atoms with van der Waals surface area (Å²) in [6.45, 7) is 6.18. The lowest BCUT2D eigenvalue weighted by molar-refractivity contribution is -0.0278. The number of aryl methyl sites for hydroxylation is 1. The van der Waals surface area contributed by atoms with Gasteiger partial charge in [0.1, 0.15) is 11.5 Å². The normalized spacial score (nSPS) is 20.3. The Morgan fingerprint density at radius 1 is 1.17 bits per heavy atom. The van der Waals surface area contributed by atoms with Crippen LogP contribution in [-0.4, -0.2) is 62.4 Å². The number of aromatic nitrogens is 4. The lowest BCUT2D eigenvalue weighted by Gasteiger charge is -2.61. The first-order chi connectivity index (χ1) is 14.5. The Morgan fingerprint density at radius 2 is 1.97 bits per heavy atom. The van der Waals surface area contributed by atoms with Gasteiger partial charge in [0.05, 0.1) is 23.8 Å². The summed E-state index contributed by atoms with van der Waals surface area (Å²) in [6.07, 6.45) is 9.16. The Labute approximate surface area is 172 Å². The minimum atomic E-state index is -0.495. The first-order valence-corrected chi connectivity index (χ1v) is 10.3. The fourth-order valence-electron chi connectivity index (χ4n) is 4.68. The zero-order valence-electron chi connectivity index (χ0n) is 16.7. The molecule has 1 N–H and O–H groups in total. The molecule has 2 saturated heterocycles. The molecule has 1 spiro atoms. The maximum atomic E-state index is 14.2. The topological polar surface area (TPSA) is 78.7 Å². The highest BCUT2D eigenvalue weighted by molar-refractivity contribution is 6.02. The summed E-state index contributed by atoms with van der Waals surface area (Å²) in [7, 11) is 0. The first kappa shape index (κ1) is 17.8. The maximum Gasteiger partial charge on any atom is 0.275 e. The third-order valence-corrected chi connectivity index (χ3v) is 6.27. The van der Waals surface area contributed by atoms with E-state index in [4.69, 9.17) is 0 Å². The Hall–Kier alpha value is -3.07. The molecule has 3 aliphatic rings. The Kier molecular flexibility index (Phi) is 3.68. The number of nitrogens with zero attached hydrogens (tertiary/aromatic N) is 6. The molecule has 0 atom stereocenters. The second kappa shape index (κ2) is 6.21. The number of fused-ring (bicyclic) bond motifs is 1. The van der Waals surface area contributed by atoms with E-state index >= 15 is 0 Å². The van der Waals surface area contributed by atoms with Crippen LogP contribution in [0.1, 0.15) is 29.0 Å². The number of amides is 1. The summed E-state index contributed by atoms with van der Waals surface area (Å²) in [5.74, 6) is -0.127. The van der Waals surface area contributed by atoms with Crippen LogP contribution >= 0.6 is 0 Å². The number of anilines is 2. The highest BCUT2D eigenvalue weighted by atomic mass is 19.1. The molecular formula is C21H22FN7O. The molecule has 6 rings (SSSR count). The Bertz CT molecular complexity index is 1140. The number of hydrogen-bond acceptors (Lipinski definition) is 6. The van der Waals surface area contributed by atoms with Gasteiger partial charge in [-0.05, 0) is 19.8 Å². The van der Waals surface area contributed by atoms with Gasteiger partial charge in [0.15, 0.2) is 11.5 Å². The molecule has 0 bridgehead atoms. The fourth-order valence-corrected chi connectivity index (χ4v) is 4.68. The van der Waals surface area contributed by atoms with Crippen molar-refractivity contribution in [3.8, 4) is 0 Å². The Balaban J connectivity index is 1.10. The van der Waals surface area contributed by atoms with Gasteiger partial charge in [0.2, 0.25) is 0 Å². The SMILES string of the molecule is Cc1cn2cc(NC(=O)c3cnc(N4CC5(C4)CN(C4CC4)C5)cn3)cc(F)c2n1. The lowest BCUT2D eigenvalue weighted by atomic mass is 9.72. The first-order valence-electron chi connectivity index (χ1n) is 10.3.